The van der Waals surface area contributed by atoms with Crippen LogP contribution in [0.25, 0.3) is 0 Å². The maximum atomic E-state index is 9.05. The van der Waals surface area contributed by atoms with Crippen molar-refractivity contribution in [2.45, 2.75) is 32.7 Å². The molecule has 0 fully saturated rings. The van der Waals surface area contributed by atoms with Crippen LogP contribution in [-0.2, 0) is 0 Å². The molecule has 4 N–H and O–H groups in total. The molecular weight excluding hydrogens is 192 g/mol. The molecule has 0 bridgehead atoms. The standard InChI is InChI=1S/C10H20N4O/c1-3-8(4-2)14(5-6-15)9-7-12-13-10(9)11/h7-8,15H,3-6H2,1-2H3,(H3,11,12,13). The van der Waals surface area contributed by atoms with E-state index >= 15 is 0 Å². The van der Waals surface area contributed by atoms with Crippen molar-refractivity contribution in [2.24, 2.45) is 0 Å². The van der Waals surface area contributed by atoms with E-state index in [4.69, 9.17) is 10.8 Å². The van der Waals surface area contributed by atoms with Crippen molar-refractivity contribution in [3.63, 3.8) is 0 Å². The van der Waals surface area contributed by atoms with Crippen molar-refractivity contribution in [1.29, 1.82) is 0 Å². The highest BCUT2D eigenvalue weighted by molar-refractivity contribution is 5.62. The number of anilines is 2. The monoisotopic (exact) mass is 212 g/mol. The second-order valence-corrected chi connectivity index (χ2v) is 3.56. The molecule has 0 unspecified atom stereocenters. The first kappa shape index (κ1) is 11.8. The maximum absolute atomic E-state index is 9.05. The third-order valence-electron chi connectivity index (χ3n) is 2.68. The van der Waals surface area contributed by atoms with Crippen LogP contribution in [0, 0.1) is 0 Å². The van der Waals surface area contributed by atoms with E-state index in [9.17, 15) is 0 Å². The molecule has 1 rings (SSSR count). The first-order valence-corrected chi connectivity index (χ1v) is 5.40. The largest absolute Gasteiger partial charge is 0.395 e. The lowest BCUT2D eigenvalue weighted by molar-refractivity contribution is 0.296. The fraction of sp³-hybridized carbons (Fsp3) is 0.700. The van der Waals surface area contributed by atoms with Gasteiger partial charge in [-0.1, -0.05) is 13.8 Å². The molecule has 0 spiro atoms. The van der Waals surface area contributed by atoms with E-state index < -0.39 is 0 Å². The van der Waals surface area contributed by atoms with Gasteiger partial charge < -0.3 is 15.7 Å². The van der Waals surface area contributed by atoms with Crippen molar-refractivity contribution >= 4 is 11.5 Å². The Morgan fingerprint density at radius 1 is 1.53 bits per heavy atom. The molecule has 1 heterocycles. The summed E-state index contributed by atoms with van der Waals surface area (Å²) in [5, 5.41) is 15.7. The number of nitrogens with zero attached hydrogens (tertiary/aromatic N) is 2. The summed E-state index contributed by atoms with van der Waals surface area (Å²) in [6.45, 7) is 4.99. The minimum absolute atomic E-state index is 0.126. The van der Waals surface area contributed by atoms with Crippen LogP contribution in [0.2, 0.25) is 0 Å². The van der Waals surface area contributed by atoms with Gasteiger partial charge in [0.25, 0.3) is 0 Å². The number of aliphatic hydroxyl groups is 1. The van der Waals surface area contributed by atoms with Crippen LogP contribution in [0.4, 0.5) is 11.5 Å². The minimum Gasteiger partial charge on any atom is -0.395 e. The van der Waals surface area contributed by atoms with Crippen LogP contribution >= 0.6 is 0 Å². The van der Waals surface area contributed by atoms with Crippen LogP contribution in [0.3, 0.4) is 0 Å². The normalized spacial score (nSPS) is 10.9. The second kappa shape index (κ2) is 5.60. The minimum atomic E-state index is 0.126. The number of H-pyrrole nitrogens is 1. The number of rotatable bonds is 6. The lowest BCUT2D eigenvalue weighted by atomic mass is 10.1. The van der Waals surface area contributed by atoms with Gasteiger partial charge in [-0.15, -0.1) is 0 Å². The molecule has 0 aliphatic carbocycles. The average Bonchev–Trinajstić information content (AvgIpc) is 2.65. The molecule has 0 radical (unpaired) electrons. The van der Waals surface area contributed by atoms with Crippen LogP contribution in [0.5, 0.6) is 0 Å². The first-order chi connectivity index (χ1) is 7.24. The molecule has 0 saturated carbocycles. The van der Waals surface area contributed by atoms with Gasteiger partial charge in [0.05, 0.1) is 18.5 Å². The van der Waals surface area contributed by atoms with Gasteiger partial charge in [0.2, 0.25) is 0 Å². The fourth-order valence-corrected chi connectivity index (χ4v) is 1.86. The van der Waals surface area contributed by atoms with Gasteiger partial charge in [0.15, 0.2) is 0 Å². The number of aliphatic hydroxyl groups excluding tert-OH is 1. The summed E-state index contributed by atoms with van der Waals surface area (Å²) in [7, 11) is 0. The van der Waals surface area contributed by atoms with Crippen molar-refractivity contribution in [3.05, 3.63) is 6.20 Å². The predicted molar refractivity (Wildman–Crippen MR) is 61.8 cm³/mol. The summed E-state index contributed by atoms with van der Waals surface area (Å²) in [5.74, 6) is 0.565. The lowest BCUT2D eigenvalue weighted by Crippen LogP contribution is -2.37. The van der Waals surface area contributed by atoms with Crippen molar-refractivity contribution in [2.75, 3.05) is 23.8 Å². The van der Waals surface area contributed by atoms with Crippen LogP contribution in [-0.4, -0.2) is 34.5 Å². The molecule has 5 heteroatoms. The number of aromatic nitrogens is 2. The third-order valence-corrected chi connectivity index (χ3v) is 2.68. The Kier molecular flexibility index (Phi) is 4.42. The maximum Gasteiger partial charge on any atom is 0.142 e. The van der Waals surface area contributed by atoms with Gasteiger partial charge in [-0.05, 0) is 12.8 Å². The highest BCUT2D eigenvalue weighted by atomic mass is 16.3. The van der Waals surface area contributed by atoms with E-state index in [-0.39, 0.29) is 6.61 Å². The zero-order valence-corrected chi connectivity index (χ0v) is 9.40. The molecule has 86 valence electrons. The number of nitrogen functional groups attached to an aromatic ring is 1. The first-order valence-electron chi connectivity index (χ1n) is 5.40. The van der Waals surface area contributed by atoms with E-state index in [1.165, 1.54) is 0 Å². The summed E-state index contributed by atoms with van der Waals surface area (Å²) in [6, 6.07) is 0.400. The molecule has 0 amide bonds. The SMILES string of the molecule is CCC(CC)N(CCO)c1cn[nH]c1N. The zero-order chi connectivity index (χ0) is 11.3. The summed E-state index contributed by atoms with van der Waals surface area (Å²) in [6.07, 6.45) is 3.77. The molecule has 1 aromatic heterocycles. The van der Waals surface area contributed by atoms with E-state index in [0.717, 1.165) is 18.5 Å². The Labute approximate surface area is 90.3 Å². The molecule has 0 aromatic carbocycles. The van der Waals surface area contributed by atoms with Gasteiger partial charge in [0.1, 0.15) is 5.82 Å². The van der Waals surface area contributed by atoms with E-state index in [1.807, 2.05) is 0 Å². The Balaban J connectivity index is 2.86. The Morgan fingerprint density at radius 2 is 2.20 bits per heavy atom. The van der Waals surface area contributed by atoms with Gasteiger partial charge in [-0.3, -0.25) is 5.10 Å². The quantitative estimate of drug-likeness (QED) is 0.657. The predicted octanol–water partition coefficient (Wildman–Crippen LogP) is 0.979. The number of nitrogens with two attached hydrogens (primary N) is 1. The van der Waals surface area contributed by atoms with Crippen molar-refractivity contribution in [3.8, 4) is 0 Å². The summed E-state index contributed by atoms with van der Waals surface area (Å²) in [5.41, 5.74) is 6.66. The molecule has 1 aromatic rings. The molecule has 0 aliphatic rings. The van der Waals surface area contributed by atoms with Gasteiger partial charge in [0, 0.05) is 12.6 Å². The second-order valence-electron chi connectivity index (χ2n) is 3.56. The van der Waals surface area contributed by atoms with E-state index in [0.29, 0.717) is 18.4 Å². The highest BCUT2D eigenvalue weighted by Crippen LogP contribution is 2.24. The van der Waals surface area contributed by atoms with Crippen molar-refractivity contribution < 1.29 is 5.11 Å². The smallest absolute Gasteiger partial charge is 0.142 e. The van der Waals surface area contributed by atoms with Gasteiger partial charge >= 0.3 is 0 Å². The van der Waals surface area contributed by atoms with Crippen LogP contribution in [0.15, 0.2) is 6.20 Å². The Morgan fingerprint density at radius 3 is 2.60 bits per heavy atom. The summed E-state index contributed by atoms with van der Waals surface area (Å²) >= 11 is 0. The number of hydrogen-bond donors (Lipinski definition) is 3. The lowest BCUT2D eigenvalue weighted by Gasteiger charge is -2.31. The van der Waals surface area contributed by atoms with E-state index in [2.05, 4.69) is 28.9 Å². The molecular formula is C10H20N4O. The molecule has 15 heavy (non-hydrogen) atoms. The summed E-state index contributed by atoms with van der Waals surface area (Å²) in [4.78, 5) is 2.11. The number of nitrogens with one attached hydrogen (secondary N) is 1. The van der Waals surface area contributed by atoms with E-state index in [1.54, 1.807) is 6.20 Å². The molecule has 5 nitrogen and oxygen atoms in total. The summed E-state index contributed by atoms with van der Waals surface area (Å²) < 4.78 is 0. The topological polar surface area (TPSA) is 78.2 Å². The van der Waals surface area contributed by atoms with Crippen molar-refractivity contribution in [1.82, 2.24) is 10.2 Å². The zero-order valence-electron chi connectivity index (χ0n) is 9.40. The van der Waals surface area contributed by atoms with Crippen LogP contribution in [0.1, 0.15) is 26.7 Å². The van der Waals surface area contributed by atoms with Crippen LogP contribution < -0.4 is 10.6 Å². The molecule has 0 atom stereocenters. The fourth-order valence-electron chi connectivity index (χ4n) is 1.86. The Bertz CT molecular complexity index is 283. The highest BCUT2D eigenvalue weighted by Gasteiger charge is 2.18. The third kappa shape index (κ3) is 2.62. The Hall–Kier alpha value is -1.23. The average molecular weight is 212 g/mol. The van der Waals surface area contributed by atoms with Gasteiger partial charge in [-0.2, -0.15) is 5.10 Å². The molecule has 0 aliphatic heterocycles. The molecule has 0 saturated heterocycles. The number of aromatic amines is 1. The van der Waals surface area contributed by atoms with Gasteiger partial charge in [-0.25, -0.2) is 0 Å². The number of hydrogen-bond acceptors (Lipinski definition) is 4.